The van der Waals surface area contributed by atoms with Crippen molar-refractivity contribution >= 4 is 0 Å². The van der Waals surface area contributed by atoms with E-state index in [0.717, 1.165) is 11.6 Å². The lowest BCUT2D eigenvalue weighted by molar-refractivity contribution is 0.455. The van der Waals surface area contributed by atoms with Crippen LogP contribution in [0.15, 0.2) is 18.3 Å². The van der Waals surface area contributed by atoms with Crippen LogP contribution in [0.1, 0.15) is 62.1 Å². The van der Waals surface area contributed by atoms with Crippen molar-refractivity contribution in [2.75, 3.05) is 0 Å². The van der Waals surface area contributed by atoms with E-state index in [4.69, 9.17) is 0 Å². The van der Waals surface area contributed by atoms with Gasteiger partial charge in [0.15, 0.2) is 0 Å². The smallest absolute Gasteiger partial charge is 0.0375 e. The summed E-state index contributed by atoms with van der Waals surface area (Å²) in [4.78, 5) is 4.28. The molecule has 1 aromatic heterocycles. The van der Waals surface area contributed by atoms with Gasteiger partial charge in [-0.15, -0.1) is 0 Å². The molecular weight excluding hydrogens is 182 g/mol. The Balaban J connectivity index is 2.06. The molecule has 0 unspecified atom stereocenters. The van der Waals surface area contributed by atoms with Crippen molar-refractivity contribution in [3.8, 4) is 0 Å². The van der Waals surface area contributed by atoms with Crippen molar-refractivity contribution in [2.45, 2.75) is 57.8 Å². The second kappa shape index (κ2) is 5.29. The molecule has 0 aliphatic heterocycles. The van der Waals surface area contributed by atoms with Gasteiger partial charge in [0.05, 0.1) is 0 Å². The fourth-order valence-corrected chi connectivity index (χ4v) is 2.61. The van der Waals surface area contributed by atoms with Crippen LogP contribution in [0.5, 0.6) is 0 Å². The van der Waals surface area contributed by atoms with E-state index in [9.17, 15) is 0 Å². The summed E-state index contributed by atoms with van der Waals surface area (Å²) < 4.78 is 0. The van der Waals surface area contributed by atoms with Crippen molar-refractivity contribution in [1.29, 1.82) is 0 Å². The minimum Gasteiger partial charge on any atom is -0.262 e. The van der Waals surface area contributed by atoms with Crippen molar-refractivity contribution in [2.24, 2.45) is 0 Å². The van der Waals surface area contributed by atoms with Gasteiger partial charge in [-0.3, -0.25) is 4.98 Å². The topological polar surface area (TPSA) is 12.9 Å². The second-order valence-electron chi connectivity index (χ2n) is 4.77. The number of rotatable bonds is 1. The average molecular weight is 203 g/mol. The molecular formula is C14H21N. The molecule has 15 heavy (non-hydrogen) atoms. The zero-order valence-corrected chi connectivity index (χ0v) is 9.71. The lowest BCUT2D eigenvalue weighted by Gasteiger charge is -2.20. The molecule has 0 saturated heterocycles. The van der Waals surface area contributed by atoms with Gasteiger partial charge < -0.3 is 0 Å². The molecule has 1 aliphatic rings. The largest absolute Gasteiger partial charge is 0.262 e. The number of pyridine rings is 1. The molecule has 1 fully saturated rings. The predicted octanol–water partition coefficient (Wildman–Crippen LogP) is 4.22. The van der Waals surface area contributed by atoms with Crippen molar-refractivity contribution in [3.63, 3.8) is 0 Å². The van der Waals surface area contributed by atoms with Crippen molar-refractivity contribution in [1.82, 2.24) is 4.98 Å². The second-order valence-corrected chi connectivity index (χ2v) is 4.77. The van der Waals surface area contributed by atoms with E-state index in [1.165, 1.54) is 50.5 Å². The van der Waals surface area contributed by atoms with Gasteiger partial charge in [0, 0.05) is 11.9 Å². The molecule has 1 aliphatic carbocycles. The fourth-order valence-electron chi connectivity index (χ4n) is 2.61. The number of aryl methyl sites for hydroxylation is 1. The van der Waals surface area contributed by atoms with E-state index in [1.807, 2.05) is 6.20 Å². The monoisotopic (exact) mass is 203 g/mol. The molecule has 0 spiro atoms. The normalized spacial score (nSPS) is 19.5. The van der Waals surface area contributed by atoms with Gasteiger partial charge in [-0.05, 0) is 43.4 Å². The minimum absolute atomic E-state index is 0.798. The first-order valence-electron chi connectivity index (χ1n) is 6.29. The van der Waals surface area contributed by atoms with E-state index < -0.39 is 0 Å². The third kappa shape index (κ3) is 3.05. The first kappa shape index (κ1) is 10.7. The molecule has 0 radical (unpaired) electrons. The number of aromatic nitrogens is 1. The zero-order valence-electron chi connectivity index (χ0n) is 9.71. The molecule has 0 atom stereocenters. The molecule has 0 aromatic carbocycles. The van der Waals surface area contributed by atoms with Crippen LogP contribution in [0.25, 0.3) is 0 Å². The third-order valence-corrected chi connectivity index (χ3v) is 3.50. The van der Waals surface area contributed by atoms with Crippen LogP contribution in [0.2, 0.25) is 0 Å². The molecule has 0 amide bonds. The summed E-state index contributed by atoms with van der Waals surface area (Å²) in [6.45, 7) is 2.09. The van der Waals surface area contributed by atoms with E-state index >= 15 is 0 Å². The van der Waals surface area contributed by atoms with Crippen LogP contribution in [-0.4, -0.2) is 4.98 Å². The maximum Gasteiger partial charge on any atom is 0.0375 e. The summed E-state index contributed by atoms with van der Waals surface area (Å²) >= 11 is 0. The first-order valence-corrected chi connectivity index (χ1v) is 6.29. The minimum atomic E-state index is 0.798. The lowest BCUT2D eigenvalue weighted by Crippen LogP contribution is -2.02. The summed E-state index contributed by atoms with van der Waals surface area (Å²) in [5.74, 6) is 0.798. The SMILES string of the molecule is Cc1cc(C2CCCCCCC2)ccn1. The molecule has 82 valence electrons. The van der Waals surface area contributed by atoms with Crippen LogP contribution in [-0.2, 0) is 0 Å². The maximum atomic E-state index is 4.28. The highest BCUT2D eigenvalue weighted by Crippen LogP contribution is 2.30. The van der Waals surface area contributed by atoms with E-state index in [2.05, 4.69) is 24.0 Å². The lowest BCUT2D eigenvalue weighted by atomic mass is 9.86. The summed E-state index contributed by atoms with van der Waals surface area (Å²) in [6, 6.07) is 4.48. The summed E-state index contributed by atoms with van der Waals surface area (Å²) in [5.41, 5.74) is 2.68. The average Bonchev–Trinajstić information content (AvgIpc) is 2.16. The van der Waals surface area contributed by atoms with Gasteiger partial charge >= 0.3 is 0 Å². The fraction of sp³-hybridized carbons (Fsp3) is 0.643. The Hall–Kier alpha value is -0.850. The van der Waals surface area contributed by atoms with Crippen molar-refractivity contribution in [3.05, 3.63) is 29.6 Å². The molecule has 0 N–H and O–H groups in total. The third-order valence-electron chi connectivity index (χ3n) is 3.50. The number of hydrogen-bond donors (Lipinski definition) is 0. The van der Waals surface area contributed by atoms with Gasteiger partial charge in [0.2, 0.25) is 0 Å². The van der Waals surface area contributed by atoms with E-state index in [-0.39, 0.29) is 0 Å². The molecule has 1 nitrogen and oxygen atoms in total. The zero-order chi connectivity index (χ0) is 10.5. The Morgan fingerprint density at radius 3 is 2.40 bits per heavy atom. The van der Waals surface area contributed by atoms with Crippen molar-refractivity contribution < 1.29 is 0 Å². The maximum absolute atomic E-state index is 4.28. The predicted molar refractivity (Wildman–Crippen MR) is 64.0 cm³/mol. The quantitative estimate of drug-likeness (QED) is 0.666. The van der Waals surface area contributed by atoms with Crippen LogP contribution in [0, 0.1) is 6.92 Å². The van der Waals surface area contributed by atoms with Gasteiger partial charge in [-0.25, -0.2) is 0 Å². The van der Waals surface area contributed by atoms with Gasteiger partial charge in [0.1, 0.15) is 0 Å². The Morgan fingerprint density at radius 1 is 1.07 bits per heavy atom. The first-order chi connectivity index (χ1) is 7.36. The molecule has 0 bridgehead atoms. The van der Waals surface area contributed by atoms with E-state index in [1.54, 1.807) is 0 Å². The molecule has 1 saturated carbocycles. The molecule has 1 heteroatoms. The molecule has 2 rings (SSSR count). The number of nitrogens with zero attached hydrogens (tertiary/aromatic N) is 1. The van der Waals surface area contributed by atoms with Crippen LogP contribution in [0.3, 0.4) is 0 Å². The molecule has 1 heterocycles. The summed E-state index contributed by atoms with van der Waals surface area (Å²) in [5, 5.41) is 0. The highest BCUT2D eigenvalue weighted by Gasteiger charge is 2.13. The van der Waals surface area contributed by atoms with Crippen LogP contribution in [0.4, 0.5) is 0 Å². The Morgan fingerprint density at radius 2 is 1.73 bits per heavy atom. The Labute approximate surface area is 92.9 Å². The van der Waals surface area contributed by atoms with Crippen LogP contribution >= 0.6 is 0 Å². The van der Waals surface area contributed by atoms with Gasteiger partial charge in [-0.1, -0.05) is 32.1 Å². The van der Waals surface area contributed by atoms with Gasteiger partial charge in [0.25, 0.3) is 0 Å². The standard InChI is InChI=1S/C14H21N/c1-12-11-14(9-10-15-12)13-7-5-3-2-4-6-8-13/h9-11,13H,2-8H2,1H3. The van der Waals surface area contributed by atoms with Crippen LogP contribution < -0.4 is 0 Å². The van der Waals surface area contributed by atoms with Gasteiger partial charge in [-0.2, -0.15) is 0 Å². The highest BCUT2D eigenvalue weighted by atomic mass is 14.6. The summed E-state index contributed by atoms with van der Waals surface area (Å²) in [6.07, 6.45) is 11.8. The Bertz CT molecular complexity index is 298. The Kier molecular flexibility index (Phi) is 3.76. The molecule has 1 aromatic rings. The highest BCUT2D eigenvalue weighted by molar-refractivity contribution is 5.20. The van der Waals surface area contributed by atoms with E-state index in [0.29, 0.717) is 0 Å². The summed E-state index contributed by atoms with van der Waals surface area (Å²) in [7, 11) is 0. The number of hydrogen-bond acceptors (Lipinski definition) is 1.